The number of hydrogen-bond donors (Lipinski definition) is 3. The molecule has 0 aliphatic carbocycles. The van der Waals surface area contributed by atoms with Crippen LogP contribution in [-0.4, -0.2) is 21.1 Å². The Balaban J connectivity index is 3.06. The summed E-state index contributed by atoms with van der Waals surface area (Å²) in [6.07, 6.45) is 0.289. The lowest BCUT2D eigenvalue weighted by molar-refractivity contribution is 0.0964. The quantitative estimate of drug-likeness (QED) is 0.527. The van der Waals surface area contributed by atoms with Gasteiger partial charge >= 0.3 is 0 Å². The first-order chi connectivity index (χ1) is 6.93. The van der Waals surface area contributed by atoms with Gasteiger partial charge in [-0.15, -0.1) is 0 Å². The van der Waals surface area contributed by atoms with Gasteiger partial charge in [-0.05, 0) is 18.1 Å². The van der Waals surface area contributed by atoms with E-state index in [1.54, 1.807) is 0 Å². The monoisotopic (exact) mass is 210 g/mol. The summed E-state index contributed by atoms with van der Waals surface area (Å²) < 4.78 is 0. The largest absolute Gasteiger partial charge is 0.504 e. The van der Waals surface area contributed by atoms with Crippen molar-refractivity contribution in [1.82, 2.24) is 0 Å². The molecule has 82 valence electrons. The normalized spacial score (nSPS) is 10.6. The Hall–Kier alpha value is -1.71. The van der Waals surface area contributed by atoms with Gasteiger partial charge < -0.3 is 15.3 Å². The average Bonchev–Trinajstić information content (AvgIpc) is 2.13. The maximum absolute atomic E-state index is 11.6. The zero-order valence-electron chi connectivity index (χ0n) is 8.69. The molecule has 1 aromatic carbocycles. The Bertz CT molecular complexity index is 382. The molecular weight excluding hydrogens is 196 g/mol. The lowest BCUT2D eigenvalue weighted by Gasteiger charge is -2.08. The second-order valence-electron chi connectivity index (χ2n) is 3.85. The Kier molecular flexibility index (Phi) is 3.19. The number of aromatic hydroxyl groups is 3. The van der Waals surface area contributed by atoms with Gasteiger partial charge in [0.2, 0.25) is 5.75 Å². The molecule has 15 heavy (non-hydrogen) atoms. The number of benzene rings is 1. The lowest BCUT2D eigenvalue weighted by atomic mass is 10.00. The first-order valence-electron chi connectivity index (χ1n) is 4.70. The molecule has 0 aliphatic heterocycles. The molecule has 0 saturated heterocycles. The predicted octanol–water partition coefficient (Wildman–Crippen LogP) is 2.03. The summed E-state index contributed by atoms with van der Waals surface area (Å²) in [6, 6.07) is 2.48. The van der Waals surface area contributed by atoms with Crippen LogP contribution in [0, 0.1) is 5.92 Å². The third kappa shape index (κ3) is 2.40. The molecule has 0 spiro atoms. The fraction of sp³-hybridized carbons (Fsp3) is 0.364. The van der Waals surface area contributed by atoms with Gasteiger partial charge in [-0.3, -0.25) is 4.79 Å². The van der Waals surface area contributed by atoms with E-state index in [4.69, 9.17) is 5.11 Å². The van der Waals surface area contributed by atoms with Crippen LogP contribution in [0.4, 0.5) is 0 Å². The van der Waals surface area contributed by atoms with E-state index >= 15 is 0 Å². The number of phenolic OH excluding ortho intramolecular Hbond substituents is 3. The molecule has 0 bridgehead atoms. The van der Waals surface area contributed by atoms with Crippen LogP contribution in [0.5, 0.6) is 17.2 Å². The maximum atomic E-state index is 11.6. The van der Waals surface area contributed by atoms with Crippen molar-refractivity contribution >= 4 is 5.78 Å². The molecule has 0 heterocycles. The van der Waals surface area contributed by atoms with Crippen molar-refractivity contribution in [3.8, 4) is 17.2 Å². The molecule has 0 fully saturated rings. The highest BCUT2D eigenvalue weighted by Gasteiger charge is 2.17. The number of phenols is 3. The molecule has 0 radical (unpaired) electrons. The molecule has 4 nitrogen and oxygen atoms in total. The molecule has 0 atom stereocenters. The molecule has 1 aromatic rings. The van der Waals surface area contributed by atoms with E-state index in [2.05, 4.69) is 0 Å². The second-order valence-corrected chi connectivity index (χ2v) is 3.85. The van der Waals surface area contributed by atoms with E-state index in [1.165, 1.54) is 12.1 Å². The van der Waals surface area contributed by atoms with Crippen LogP contribution in [0.15, 0.2) is 12.1 Å². The summed E-state index contributed by atoms with van der Waals surface area (Å²) >= 11 is 0. The van der Waals surface area contributed by atoms with Gasteiger partial charge in [0.1, 0.15) is 0 Å². The molecule has 0 unspecified atom stereocenters. The van der Waals surface area contributed by atoms with Gasteiger partial charge in [0, 0.05) is 6.42 Å². The highest BCUT2D eigenvalue weighted by atomic mass is 16.3. The van der Waals surface area contributed by atoms with E-state index in [0.29, 0.717) is 0 Å². The molecule has 0 amide bonds. The minimum Gasteiger partial charge on any atom is -0.504 e. The number of hydrogen-bond acceptors (Lipinski definition) is 4. The van der Waals surface area contributed by atoms with Gasteiger partial charge in [0.25, 0.3) is 0 Å². The fourth-order valence-electron chi connectivity index (χ4n) is 1.27. The summed E-state index contributed by atoms with van der Waals surface area (Å²) in [5.74, 6) is -1.72. The number of ketones is 1. The predicted molar refractivity (Wildman–Crippen MR) is 55.2 cm³/mol. The van der Waals surface area contributed by atoms with Gasteiger partial charge in [0.05, 0.1) is 5.56 Å². The molecule has 0 saturated carbocycles. The summed E-state index contributed by atoms with van der Waals surface area (Å²) in [5.41, 5.74) is 0.0407. The summed E-state index contributed by atoms with van der Waals surface area (Å²) in [7, 11) is 0. The van der Waals surface area contributed by atoms with Crippen molar-refractivity contribution in [2.45, 2.75) is 20.3 Å². The third-order valence-corrected chi connectivity index (χ3v) is 2.02. The van der Waals surface area contributed by atoms with E-state index < -0.39 is 17.2 Å². The van der Waals surface area contributed by atoms with Gasteiger partial charge in [0.15, 0.2) is 17.3 Å². The van der Waals surface area contributed by atoms with E-state index in [9.17, 15) is 15.0 Å². The summed E-state index contributed by atoms with van der Waals surface area (Å²) in [4.78, 5) is 11.6. The average molecular weight is 210 g/mol. The number of Topliss-reactive ketones (excluding diaryl/α,β-unsaturated/α-hetero) is 1. The Morgan fingerprint density at radius 1 is 1.20 bits per heavy atom. The van der Waals surface area contributed by atoms with Gasteiger partial charge in [-0.2, -0.15) is 0 Å². The van der Waals surface area contributed by atoms with Crippen molar-refractivity contribution in [3.63, 3.8) is 0 Å². The fourth-order valence-corrected chi connectivity index (χ4v) is 1.27. The van der Waals surface area contributed by atoms with Crippen LogP contribution < -0.4 is 0 Å². The SMILES string of the molecule is CC(C)CC(=O)c1ccc(O)c(O)c1O. The number of carbonyl (C=O) groups is 1. The smallest absolute Gasteiger partial charge is 0.201 e. The van der Waals surface area contributed by atoms with Crippen molar-refractivity contribution < 1.29 is 20.1 Å². The van der Waals surface area contributed by atoms with Crippen LogP contribution in [0.3, 0.4) is 0 Å². The summed E-state index contributed by atoms with van der Waals surface area (Å²) in [5, 5.41) is 27.7. The van der Waals surface area contributed by atoms with Gasteiger partial charge in [-0.25, -0.2) is 0 Å². The van der Waals surface area contributed by atoms with Crippen LogP contribution in [0.2, 0.25) is 0 Å². The second kappa shape index (κ2) is 4.21. The molecule has 4 heteroatoms. The molecule has 0 aromatic heterocycles. The number of rotatable bonds is 3. The van der Waals surface area contributed by atoms with Crippen LogP contribution >= 0.6 is 0 Å². The lowest BCUT2D eigenvalue weighted by Crippen LogP contribution is -2.03. The van der Waals surface area contributed by atoms with Gasteiger partial charge in [-0.1, -0.05) is 13.8 Å². The minimum atomic E-state index is -0.649. The molecule has 0 aliphatic rings. The van der Waals surface area contributed by atoms with E-state index in [0.717, 1.165) is 0 Å². The Morgan fingerprint density at radius 2 is 1.80 bits per heavy atom. The minimum absolute atomic E-state index is 0.0407. The van der Waals surface area contributed by atoms with E-state index in [-0.39, 0.29) is 23.7 Å². The highest BCUT2D eigenvalue weighted by molar-refractivity contribution is 5.99. The van der Waals surface area contributed by atoms with Crippen molar-refractivity contribution in [3.05, 3.63) is 17.7 Å². The molecular formula is C11H14O4. The van der Waals surface area contributed by atoms with E-state index in [1.807, 2.05) is 13.8 Å². The zero-order chi connectivity index (χ0) is 11.6. The van der Waals surface area contributed by atoms with Crippen LogP contribution in [0.1, 0.15) is 30.6 Å². The van der Waals surface area contributed by atoms with Crippen molar-refractivity contribution in [2.75, 3.05) is 0 Å². The van der Waals surface area contributed by atoms with Crippen molar-refractivity contribution in [2.24, 2.45) is 5.92 Å². The number of carbonyl (C=O) groups excluding carboxylic acids is 1. The summed E-state index contributed by atoms with van der Waals surface area (Å²) in [6.45, 7) is 3.77. The first-order valence-corrected chi connectivity index (χ1v) is 4.70. The standard InChI is InChI=1S/C11H14O4/c1-6(2)5-9(13)7-3-4-8(12)11(15)10(7)14/h3-4,6,12,14-15H,5H2,1-2H3. The first kappa shape index (κ1) is 11.4. The highest BCUT2D eigenvalue weighted by Crippen LogP contribution is 2.37. The van der Waals surface area contributed by atoms with Crippen LogP contribution in [-0.2, 0) is 0 Å². The van der Waals surface area contributed by atoms with Crippen LogP contribution in [0.25, 0.3) is 0 Å². The molecule has 3 N–H and O–H groups in total. The topological polar surface area (TPSA) is 77.8 Å². The zero-order valence-corrected chi connectivity index (χ0v) is 8.69. The molecule has 1 rings (SSSR count). The third-order valence-electron chi connectivity index (χ3n) is 2.02. The Morgan fingerprint density at radius 3 is 2.33 bits per heavy atom. The Labute approximate surface area is 87.8 Å². The maximum Gasteiger partial charge on any atom is 0.201 e. The van der Waals surface area contributed by atoms with Crippen molar-refractivity contribution in [1.29, 1.82) is 0 Å².